The van der Waals surface area contributed by atoms with Crippen LogP contribution in [-0.2, 0) is 52.3 Å². The second-order valence-corrected chi connectivity index (χ2v) is 6.86. The van der Waals surface area contributed by atoms with Gasteiger partial charge < -0.3 is 43.6 Å². The molecule has 0 aromatic heterocycles. The molecular weight excluding hydrogens is 430 g/mol. The van der Waals surface area contributed by atoms with Crippen molar-refractivity contribution in [3.63, 3.8) is 0 Å². The Morgan fingerprint density at radius 2 is 1.38 bits per heavy atom. The lowest BCUT2D eigenvalue weighted by atomic mass is 10.0. The summed E-state index contributed by atoms with van der Waals surface area (Å²) >= 11 is 0. The van der Waals surface area contributed by atoms with Crippen LogP contribution in [0.5, 0.6) is 0 Å². The van der Waals surface area contributed by atoms with Crippen molar-refractivity contribution in [1.82, 2.24) is 0 Å². The fraction of sp³-hybridized carbons (Fsp3) is 0.850. The number of hydrogen-bond acceptors (Lipinski definition) is 12. The molecule has 0 bridgehead atoms. The lowest BCUT2D eigenvalue weighted by Gasteiger charge is -2.39. The lowest BCUT2D eigenvalue weighted by molar-refractivity contribution is -0.267. The molecule has 0 radical (unpaired) electrons. The van der Waals surface area contributed by atoms with E-state index in [0.717, 1.165) is 0 Å². The Morgan fingerprint density at radius 3 is 1.91 bits per heavy atom. The third-order valence-corrected chi connectivity index (χ3v) is 4.09. The molecule has 0 aliphatic carbocycles. The van der Waals surface area contributed by atoms with E-state index in [1.165, 1.54) is 20.8 Å². The number of ether oxygens (including phenoxy) is 8. The van der Waals surface area contributed by atoms with Crippen LogP contribution in [0.2, 0.25) is 0 Å². The van der Waals surface area contributed by atoms with Crippen LogP contribution in [0.3, 0.4) is 0 Å². The molecule has 186 valence electrons. The van der Waals surface area contributed by atoms with Gasteiger partial charge in [0.25, 0.3) is 0 Å². The predicted molar refractivity (Wildman–Crippen MR) is 108 cm³/mol. The van der Waals surface area contributed by atoms with Crippen molar-refractivity contribution in [2.24, 2.45) is 5.73 Å². The van der Waals surface area contributed by atoms with Crippen LogP contribution in [0.25, 0.3) is 0 Å². The van der Waals surface area contributed by atoms with Crippen LogP contribution in [-0.4, -0.2) is 102 Å². The molecule has 1 aliphatic rings. The fourth-order valence-corrected chi connectivity index (χ4v) is 2.87. The molecule has 0 aromatic carbocycles. The molecule has 0 spiro atoms. The normalized spacial score (nSPS) is 22.9. The van der Waals surface area contributed by atoms with Crippen molar-refractivity contribution < 1.29 is 52.3 Å². The molecule has 1 fully saturated rings. The molecule has 12 nitrogen and oxygen atoms in total. The molecular formula is C20H35NO11. The van der Waals surface area contributed by atoms with Crippen LogP contribution in [0.1, 0.15) is 27.2 Å². The van der Waals surface area contributed by atoms with Crippen molar-refractivity contribution in [3.8, 4) is 0 Å². The van der Waals surface area contributed by atoms with E-state index >= 15 is 0 Å². The van der Waals surface area contributed by atoms with Gasteiger partial charge in [-0.05, 0) is 0 Å². The number of carbonyl (C=O) groups excluding carboxylic acids is 3. The first-order valence-corrected chi connectivity index (χ1v) is 10.5. The highest BCUT2D eigenvalue weighted by atomic mass is 16.7. The van der Waals surface area contributed by atoms with Gasteiger partial charge in [-0.3, -0.25) is 14.4 Å². The van der Waals surface area contributed by atoms with Gasteiger partial charge in [0, 0.05) is 33.7 Å². The summed E-state index contributed by atoms with van der Waals surface area (Å²) in [5.41, 5.74) is 5.31. The molecule has 0 saturated carbocycles. The van der Waals surface area contributed by atoms with Crippen LogP contribution in [0.4, 0.5) is 0 Å². The zero-order chi connectivity index (χ0) is 23.8. The Kier molecular flexibility index (Phi) is 14.8. The maximum Gasteiger partial charge on any atom is 0.303 e. The molecule has 12 heteroatoms. The monoisotopic (exact) mass is 465 g/mol. The maximum absolute atomic E-state index is 11.5. The minimum Gasteiger partial charge on any atom is -0.463 e. The third-order valence-electron chi connectivity index (χ3n) is 4.09. The lowest BCUT2D eigenvalue weighted by Crippen LogP contribution is -2.54. The van der Waals surface area contributed by atoms with Gasteiger partial charge in [-0.1, -0.05) is 0 Å². The molecule has 32 heavy (non-hydrogen) atoms. The third kappa shape index (κ3) is 12.9. The Hall–Kier alpha value is -1.83. The smallest absolute Gasteiger partial charge is 0.303 e. The first-order valence-electron chi connectivity index (χ1n) is 10.5. The van der Waals surface area contributed by atoms with Gasteiger partial charge in [-0.2, -0.15) is 0 Å². The largest absolute Gasteiger partial charge is 0.463 e. The second-order valence-electron chi connectivity index (χ2n) is 6.86. The molecule has 1 aliphatic heterocycles. The van der Waals surface area contributed by atoms with E-state index in [-0.39, 0.29) is 26.2 Å². The molecule has 2 N–H and O–H groups in total. The predicted octanol–water partition coefficient (Wildman–Crippen LogP) is -0.447. The number of carbonyl (C=O) groups is 3. The highest BCUT2D eigenvalue weighted by Gasteiger charge is 2.44. The molecule has 0 aromatic rings. The topological polar surface area (TPSA) is 151 Å². The van der Waals surface area contributed by atoms with Gasteiger partial charge in [-0.25, -0.2) is 0 Å². The van der Waals surface area contributed by atoms with Crippen LogP contribution in [0, 0.1) is 0 Å². The molecule has 1 heterocycles. The van der Waals surface area contributed by atoms with Gasteiger partial charge in [0.2, 0.25) is 0 Å². The van der Waals surface area contributed by atoms with Crippen molar-refractivity contribution in [2.45, 2.75) is 51.8 Å². The SMILES string of the molecule is CC(=O)OCC1OC(OCCOCCOCCOCCN)CC(OC(C)=O)C1OC(C)=O. The Bertz CT molecular complexity index is 560. The standard InChI is InChI=1S/C20H35NO11/c1-14(22)29-13-18-20(31-16(3)24)17(30-15(2)23)12-19(32-18)28-11-10-27-9-8-26-7-6-25-5-4-21/h17-20H,4-13,21H2,1-3H3. The van der Waals surface area contributed by atoms with E-state index in [0.29, 0.717) is 39.6 Å². The summed E-state index contributed by atoms with van der Waals surface area (Å²) in [5, 5.41) is 0. The van der Waals surface area contributed by atoms with Gasteiger partial charge in [0.15, 0.2) is 12.4 Å². The first kappa shape index (κ1) is 28.2. The van der Waals surface area contributed by atoms with E-state index < -0.39 is 42.5 Å². The Morgan fingerprint density at radius 1 is 0.812 bits per heavy atom. The van der Waals surface area contributed by atoms with Crippen molar-refractivity contribution in [2.75, 3.05) is 59.4 Å². The average Bonchev–Trinajstić information content (AvgIpc) is 2.71. The molecule has 1 saturated heterocycles. The van der Waals surface area contributed by atoms with Crippen molar-refractivity contribution in [3.05, 3.63) is 0 Å². The number of esters is 3. The second kappa shape index (κ2) is 16.8. The van der Waals surface area contributed by atoms with Crippen LogP contribution in [0.15, 0.2) is 0 Å². The molecule has 0 amide bonds. The van der Waals surface area contributed by atoms with Crippen molar-refractivity contribution in [1.29, 1.82) is 0 Å². The summed E-state index contributed by atoms with van der Waals surface area (Å²) in [5.74, 6) is -1.65. The zero-order valence-corrected chi connectivity index (χ0v) is 18.9. The van der Waals surface area contributed by atoms with E-state index in [9.17, 15) is 14.4 Å². The van der Waals surface area contributed by atoms with Gasteiger partial charge >= 0.3 is 17.9 Å². The molecule has 4 atom stereocenters. The summed E-state index contributed by atoms with van der Waals surface area (Å²) in [7, 11) is 0. The summed E-state index contributed by atoms with van der Waals surface area (Å²) in [6.45, 7) is 6.73. The average molecular weight is 465 g/mol. The maximum atomic E-state index is 11.5. The number of nitrogens with two attached hydrogens (primary N) is 1. The first-order chi connectivity index (χ1) is 15.3. The Balaban J connectivity index is 2.43. The van der Waals surface area contributed by atoms with E-state index in [1.54, 1.807) is 0 Å². The number of rotatable bonds is 16. The van der Waals surface area contributed by atoms with Gasteiger partial charge in [0.1, 0.15) is 18.8 Å². The Labute approximate surface area is 187 Å². The minimum absolute atomic E-state index is 0.139. The summed E-state index contributed by atoms with van der Waals surface area (Å²) in [4.78, 5) is 34.2. The summed E-state index contributed by atoms with van der Waals surface area (Å²) in [6, 6.07) is 0. The number of hydrogen-bond donors (Lipinski definition) is 1. The van der Waals surface area contributed by atoms with E-state index in [2.05, 4.69) is 0 Å². The summed E-state index contributed by atoms with van der Waals surface area (Å²) in [6.07, 6.45) is -3.24. The zero-order valence-electron chi connectivity index (χ0n) is 18.9. The minimum atomic E-state index is -0.933. The fourth-order valence-electron chi connectivity index (χ4n) is 2.87. The molecule has 4 unspecified atom stereocenters. The van der Waals surface area contributed by atoms with Crippen LogP contribution < -0.4 is 5.73 Å². The van der Waals surface area contributed by atoms with Crippen molar-refractivity contribution >= 4 is 17.9 Å². The molecule has 1 rings (SSSR count). The van der Waals surface area contributed by atoms with Gasteiger partial charge in [-0.15, -0.1) is 0 Å². The highest BCUT2D eigenvalue weighted by molar-refractivity contribution is 5.67. The summed E-state index contributed by atoms with van der Waals surface area (Å²) < 4.78 is 43.0. The van der Waals surface area contributed by atoms with E-state index in [1.807, 2.05) is 0 Å². The quantitative estimate of drug-likeness (QED) is 0.179. The van der Waals surface area contributed by atoms with Crippen LogP contribution >= 0.6 is 0 Å². The van der Waals surface area contributed by atoms with Gasteiger partial charge in [0.05, 0.1) is 46.2 Å². The highest BCUT2D eigenvalue weighted by Crippen LogP contribution is 2.27. The van der Waals surface area contributed by atoms with E-state index in [4.69, 9.17) is 43.6 Å².